The first-order valence-electron chi connectivity index (χ1n) is 9.84. The molecule has 1 saturated heterocycles. The number of amides is 4. The topological polar surface area (TPSA) is 122 Å². The van der Waals surface area contributed by atoms with E-state index in [1.54, 1.807) is 18.2 Å². The maximum Gasteiger partial charge on any atom is 0.262 e. The molecule has 0 saturated carbocycles. The standard InChI is InChI=1S/C22H22N4O4/c23-15-5-1-3-13(11-15)9-10-24-12-14-4-2-6-16-19(14)22(30)26(21(16)29)17-7-8-18(27)25-20(17)28/h1-6,11,17,24H,7-10,12,23H2,(H,25,27,28). The summed E-state index contributed by atoms with van der Waals surface area (Å²) < 4.78 is 0. The van der Waals surface area contributed by atoms with Gasteiger partial charge in [0.25, 0.3) is 11.8 Å². The molecule has 0 radical (unpaired) electrons. The highest BCUT2D eigenvalue weighted by Crippen LogP contribution is 2.29. The summed E-state index contributed by atoms with van der Waals surface area (Å²) in [5.74, 6) is -1.98. The Labute approximate surface area is 173 Å². The van der Waals surface area contributed by atoms with Crippen LogP contribution in [-0.4, -0.2) is 41.1 Å². The minimum Gasteiger partial charge on any atom is -0.399 e. The van der Waals surface area contributed by atoms with Gasteiger partial charge in [0, 0.05) is 18.7 Å². The highest BCUT2D eigenvalue weighted by Gasteiger charge is 2.45. The van der Waals surface area contributed by atoms with Crippen LogP contribution in [0.4, 0.5) is 5.69 Å². The van der Waals surface area contributed by atoms with E-state index in [2.05, 4.69) is 10.6 Å². The number of nitrogen functional groups attached to an aromatic ring is 1. The number of nitrogens with two attached hydrogens (primary N) is 1. The van der Waals surface area contributed by atoms with Crippen molar-refractivity contribution in [1.29, 1.82) is 0 Å². The summed E-state index contributed by atoms with van der Waals surface area (Å²) >= 11 is 0. The first-order chi connectivity index (χ1) is 14.5. The Balaban J connectivity index is 1.46. The molecular weight excluding hydrogens is 384 g/mol. The van der Waals surface area contributed by atoms with E-state index in [9.17, 15) is 19.2 Å². The number of carbonyl (C=O) groups excluding carboxylic acids is 4. The van der Waals surface area contributed by atoms with Gasteiger partial charge in [-0.25, -0.2) is 0 Å². The van der Waals surface area contributed by atoms with E-state index in [0.717, 1.165) is 16.9 Å². The van der Waals surface area contributed by atoms with Crippen LogP contribution in [0.3, 0.4) is 0 Å². The van der Waals surface area contributed by atoms with Crippen molar-refractivity contribution < 1.29 is 19.2 Å². The van der Waals surface area contributed by atoms with Crippen molar-refractivity contribution in [2.45, 2.75) is 31.8 Å². The average Bonchev–Trinajstić information content (AvgIpc) is 2.97. The minimum atomic E-state index is -0.959. The lowest BCUT2D eigenvalue weighted by Gasteiger charge is -2.27. The monoisotopic (exact) mass is 406 g/mol. The Morgan fingerprint density at radius 3 is 2.63 bits per heavy atom. The third kappa shape index (κ3) is 3.69. The van der Waals surface area contributed by atoms with Gasteiger partial charge in [-0.1, -0.05) is 24.3 Å². The molecule has 8 nitrogen and oxygen atoms in total. The summed E-state index contributed by atoms with van der Waals surface area (Å²) in [5.41, 5.74) is 8.93. The number of carbonyl (C=O) groups is 4. The maximum absolute atomic E-state index is 13.0. The number of rotatable bonds is 6. The Kier molecular flexibility index (Phi) is 5.33. The molecule has 0 aromatic heterocycles. The van der Waals surface area contributed by atoms with E-state index in [1.165, 1.54) is 0 Å². The van der Waals surface area contributed by atoms with Crippen molar-refractivity contribution >= 4 is 29.3 Å². The molecule has 0 aliphatic carbocycles. The normalized spacial score (nSPS) is 18.5. The van der Waals surface area contributed by atoms with Crippen LogP contribution in [0.15, 0.2) is 42.5 Å². The van der Waals surface area contributed by atoms with E-state index in [-0.39, 0.29) is 12.8 Å². The summed E-state index contributed by atoms with van der Waals surface area (Å²) in [6, 6.07) is 11.8. The molecule has 2 aliphatic rings. The minimum absolute atomic E-state index is 0.0994. The molecule has 30 heavy (non-hydrogen) atoms. The van der Waals surface area contributed by atoms with Crippen molar-refractivity contribution in [1.82, 2.24) is 15.5 Å². The van der Waals surface area contributed by atoms with Crippen molar-refractivity contribution in [3.8, 4) is 0 Å². The van der Waals surface area contributed by atoms with Crippen LogP contribution in [0.1, 0.15) is 44.7 Å². The summed E-state index contributed by atoms with van der Waals surface area (Å²) in [4.78, 5) is 50.5. The largest absolute Gasteiger partial charge is 0.399 e. The number of hydrogen-bond donors (Lipinski definition) is 3. The lowest BCUT2D eigenvalue weighted by molar-refractivity contribution is -0.136. The van der Waals surface area contributed by atoms with E-state index in [0.29, 0.717) is 35.5 Å². The van der Waals surface area contributed by atoms with Crippen LogP contribution in [0.2, 0.25) is 0 Å². The number of imide groups is 2. The van der Waals surface area contributed by atoms with Gasteiger partial charge in [0.05, 0.1) is 11.1 Å². The maximum atomic E-state index is 13.0. The van der Waals surface area contributed by atoms with Crippen LogP contribution in [0, 0.1) is 0 Å². The number of anilines is 1. The lowest BCUT2D eigenvalue weighted by Crippen LogP contribution is -2.54. The second-order valence-electron chi connectivity index (χ2n) is 7.46. The molecule has 8 heteroatoms. The molecule has 0 spiro atoms. The van der Waals surface area contributed by atoms with Gasteiger partial charge in [-0.15, -0.1) is 0 Å². The number of fused-ring (bicyclic) bond motifs is 1. The fourth-order valence-electron chi connectivity index (χ4n) is 3.94. The SMILES string of the molecule is Nc1cccc(CCNCc2cccc3c2C(=O)N(C2CCC(=O)NC2=O)C3=O)c1. The molecule has 2 aliphatic heterocycles. The smallest absolute Gasteiger partial charge is 0.262 e. The van der Waals surface area contributed by atoms with Crippen molar-refractivity contribution in [3.05, 3.63) is 64.7 Å². The molecule has 4 amide bonds. The fourth-order valence-corrected chi connectivity index (χ4v) is 3.94. The first-order valence-corrected chi connectivity index (χ1v) is 9.84. The Morgan fingerprint density at radius 2 is 1.87 bits per heavy atom. The predicted octanol–water partition coefficient (Wildman–Crippen LogP) is 1.00. The first kappa shape index (κ1) is 19.8. The zero-order valence-electron chi connectivity index (χ0n) is 16.3. The van der Waals surface area contributed by atoms with Crippen molar-refractivity contribution in [2.75, 3.05) is 12.3 Å². The molecule has 4 rings (SSSR count). The van der Waals surface area contributed by atoms with E-state index >= 15 is 0 Å². The van der Waals surface area contributed by atoms with Crippen molar-refractivity contribution in [3.63, 3.8) is 0 Å². The van der Waals surface area contributed by atoms with E-state index < -0.39 is 29.7 Å². The van der Waals surface area contributed by atoms with Gasteiger partial charge >= 0.3 is 0 Å². The van der Waals surface area contributed by atoms with Crippen LogP contribution < -0.4 is 16.4 Å². The number of benzene rings is 2. The Bertz CT molecular complexity index is 1050. The van der Waals surface area contributed by atoms with Crippen molar-refractivity contribution in [2.24, 2.45) is 0 Å². The van der Waals surface area contributed by atoms with E-state index in [4.69, 9.17) is 5.73 Å². The fraction of sp³-hybridized carbons (Fsp3) is 0.273. The van der Waals surface area contributed by atoms with Gasteiger partial charge < -0.3 is 11.1 Å². The zero-order chi connectivity index (χ0) is 21.3. The van der Waals surface area contributed by atoms with Crippen LogP contribution >= 0.6 is 0 Å². The zero-order valence-corrected chi connectivity index (χ0v) is 16.3. The summed E-state index contributed by atoms with van der Waals surface area (Å²) in [5, 5.41) is 5.50. The van der Waals surface area contributed by atoms with Gasteiger partial charge in [0.15, 0.2) is 0 Å². The van der Waals surface area contributed by atoms with Gasteiger partial charge in [0.1, 0.15) is 6.04 Å². The third-order valence-electron chi connectivity index (χ3n) is 5.41. The number of nitrogens with one attached hydrogen (secondary N) is 2. The molecule has 2 aromatic carbocycles. The van der Waals surface area contributed by atoms with Gasteiger partial charge in [-0.2, -0.15) is 0 Å². The molecule has 1 unspecified atom stereocenters. The third-order valence-corrected chi connectivity index (χ3v) is 5.41. The number of nitrogens with zero attached hydrogens (tertiary/aromatic N) is 1. The number of piperidine rings is 1. The number of hydrogen-bond acceptors (Lipinski definition) is 6. The Hall–Kier alpha value is -3.52. The molecular formula is C22H22N4O4. The Morgan fingerprint density at radius 1 is 1.07 bits per heavy atom. The molecule has 1 atom stereocenters. The second-order valence-corrected chi connectivity index (χ2v) is 7.46. The predicted molar refractivity (Wildman–Crippen MR) is 109 cm³/mol. The lowest BCUT2D eigenvalue weighted by atomic mass is 10.0. The highest BCUT2D eigenvalue weighted by atomic mass is 16.2. The van der Waals surface area contributed by atoms with Crippen LogP contribution in [0.5, 0.6) is 0 Å². The van der Waals surface area contributed by atoms with Gasteiger partial charge in [0.2, 0.25) is 11.8 Å². The molecule has 0 bridgehead atoms. The molecule has 1 fully saturated rings. The quantitative estimate of drug-likeness (QED) is 0.374. The van der Waals surface area contributed by atoms with Gasteiger partial charge in [-0.3, -0.25) is 29.4 Å². The molecule has 2 aromatic rings. The molecule has 4 N–H and O–H groups in total. The van der Waals surface area contributed by atoms with Gasteiger partial charge in [-0.05, 0) is 48.7 Å². The summed E-state index contributed by atoms with van der Waals surface area (Å²) in [6.45, 7) is 1.08. The highest BCUT2D eigenvalue weighted by molar-refractivity contribution is 6.24. The van der Waals surface area contributed by atoms with Crippen LogP contribution in [-0.2, 0) is 22.6 Å². The molecule has 2 heterocycles. The van der Waals surface area contributed by atoms with Crippen LogP contribution in [0.25, 0.3) is 0 Å². The summed E-state index contributed by atoms with van der Waals surface area (Å²) in [6.07, 6.45) is 1.02. The average molecular weight is 406 g/mol. The second kappa shape index (κ2) is 8.08. The summed E-state index contributed by atoms with van der Waals surface area (Å²) in [7, 11) is 0. The van der Waals surface area contributed by atoms with E-state index in [1.807, 2.05) is 24.3 Å². The molecule has 154 valence electrons.